The quantitative estimate of drug-likeness (QED) is 0.559. The summed E-state index contributed by atoms with van der Waals surface area (Å²) in [5.74, 6) is 0.766. The van der Waals surface area contributed by atoms with Crippen LogP contribution in [0.3, 0.4) is 0 Å². The van der Waals surface area contributed by atoms with Crippen LogP contribution in [0, 0.1) is 0 Å². The molecule has 0 bridgehead atoms. The van der Waals surface area contributed by atoms with E-state index in [2.05, 4.69) is 27.4 Å². The van der Waals surface area contributed by atoms with Crippen molar-refractivity contribution < 1.29 is 8.42 Å². The number of piperidine rings is 1. The fraction of sp³-hybridized carbons (Fsp3) is 0.632. The van der Waals surface area contributed by atoms with Gasteiger partial charge in [0.1, 0.15) is 0 Å². The van der Waals surface area contributed by atoms with Crippen LogP contribution in [-0.4, -0.2) is 58.3 Å². The van der Waals surface area contributed by atoms with Gasteiger partial charge < -0.3 is 10.6 Å². The third-order valence-electron chi connectivity index (χ3n) is 4.95. The molecule has 1 heterocycles. The first-order valence-corrected chi connectivity index (χ1v) is 11.3. The van der Waals surface area contributed by atoms with Gasteiger partial charge in [-0.2, -0.15) is 0 Å². The summed E-state index contributed by atoms with van der Waals surface area (Å²) in [4.78, 5) is 7.18. The standard InChI is InChI=1S/C19H32N4O2S/c1-4-17-7-5-6-13-23(17)14-12-21-19(20-2)22-15-16-8-10-18(11-9-16)26(3,24)25/h8-11,17H,4-7,12-15H2,1-3H3,(H2,20,21,22). The van der Waals surface area contributed by atoms with E-state index in [1.54, 1.807) is 19.2 Å². The summed E-state index contributed by atoms with van der Waals surface area (Å²) in [7, 11) is -1.38. The van der Waals surface area contributed by atoms with E-state index in [1.807, 2.05) is 12.1 Å². The highest BCUT2D eigenvalue weighted by molar-refractivity contribution is 7.90. The van der Waals surface area contributed by atoms with Crippen molar-refractivity contribution in [3.05, 3.63) is 29.8 Å². The molecule has 1 unspecified atom stereocenters. The molecule has 146 valence electrons. The summed E-state index contributed by atoms with van der Waals surface area (Å²) in [6.07, 6.45) is 6.40. The molecule has 1 aliphatic rings. The van der Waals surface area contributed by atoms with Crippen LogP contribution in [0.1, 0.15) is 38.2 Å². The van der Waals surface area contributed by atoms with Crippen LogP contribution in [0.5, 0.6) is 0 Å². The topological polar surface area (TPSA) is 73.8 Å². The van der Waals surface area contributed by atoms with Gasteiger partial charge in [-0.05, 0) is 43.5 Å². The van der Waals surface area contributed by atoms with Crippen LogP contribution >= 0.6 is 0 Å². The van der Waals surface area contributed by atoms with Gasteiger partial charge in [0.15, 0.2) is 15.8 Å². The van der Waals surface area contributed by atoms with E-state index in [9.17, 15) is 8.42 Å². The van der Waals surface area contributed by atoms with Crippen molar-refractivity contribution in [2.45, 2.75) is 50.1 Å². The molecular weight excluding hydrogens is 348 g/mol. The van der Waals surface area contributed by atoms with Crippen LogP contribution < -0.4 is 10.6 Å². The Bertz CT molecular complexity index is 686. The Morgan fingerprint density at radius 3 is 2.58 bits per heavy atom. The van der Waals surface area contributed by atoms with Crippen molar-refractivity contribution in [2.75, 3.05) is 32.9 Å². The van der Waals surface area contributed by atoms with Crippen LogP contribution in [-0.2, 0) is 16.4 Å². The average molecular weight is 381 g/mol. The van der Waals surface area contributed by atoms with E-state index in [4.69, 9.17) is 0 Å². The summed E-state index contributed by atoms with van der Waals surface area (Å²) < 4.78 is 23.0. The van der Waals surface area contributed by atoms with Gasteiger partial charge in [-0.25, -0.2) is 8.42 Å². The maximum atomic E-state index is 11.5. The van der Waals surface area contributed by atoms with Gasteiger partial charge in [-0.1, -0.05) is 25.5 Å². The van der Waals surface area contributed by atoms with Gasteiger partial charge in [-0.15, -0.1) is 0 Å². The molecule has 0 amide bonds. The second-order valence-corrected chi connectivity index (χ2v) is 8.88. The van der Waals surface area contributed by atoms with E-state index in [1.165, 1.54) is 38.5 Å². The third kappa shape index (κ3) is 6.29. The van der Waals surface area contributed by atoms with E-state index in [-0.39, 0.29) is 0 Å². The lowest BCUT2D eigenvalue weighted by molar-refractivity contribution is 0.147. The number of likely N-dealkylation sites (tertiary alicyclic amines) is 1. The number of nitrogens with one attached hydrogen (secondary N) is 2. The molecule has 0 aromatic heterocycles. The molecule has 0 saturated carbocycles. The number of sulfone groups is 1. The number of hydrogen-bond donors (Lipinski definition) is 2. The lowest BCUT2D eigenvalue weighted by Gasteiger charge is -2.35. The predicted octanol–water partition coefficient (Wildman–Crippen LogP) is 2.02. The first-order valence-electron chi connectivity index (χ1n) is 9.41. The van der Waals surface area contributed by atoms with Crippen LogP contribution in [0.25, 0.3) is 0 Å². The molecule has 0 radical (unpaired) electrons. The molecular formula is C19H32N4O2S. The second-order valence-electron chi connectivity index (χ2n) is 6.86. The van der Waals surface area contributed by atoms with Crippen molar-refractivity contribution in [3.63, 3.8) is 0 Å². The fourth-order valence-electron chi connectivity index (χ4n) is 3.40. The molecule has 1 aliphatic heterocycles. The fourth-order valence-corrected chi connectivity index (χ4v) is 4.03. The Morgan fingerprint density at radius 1 is 1.23 bits per heavy atom. The SMILES string of the molecule is CCC1CCCCN1CCNC(=NC)NCc1ccc(S(C)(=O)=O)cc1. The van der Waals surface area contributed by atoms with Gasteiger partial charge >= 0.3 is 0 Å². The first kappa shape index (κ1) is 20.7. The molecule has 0 aliphatic carbocycles. The van der Waals surface area contributed by atoms with E-state index < -0.39 is 9.84 Å². The summed E-state index contributed by atoms with van der Waals surface area (Å²) in [6.45, 7) is 5.96. The molecule has 1 saturated heterocycles. The van der Waals surface area contributed by atoms with Gasteiger partial charge in [0.25, 0.3) is 0 Å². The number of benzene rings is 1. The molecule has 2 N–H and O–H groups in total. The first-order chi connectivity index (χ1) is 12.4. The number of guanidine groups is 1. The van der Waals surface area contributed by atoms with Crippen LogP contribution in [0.4, 0.5) is 0 Å². The van der Waals surface area contributed by atoms with Gasteiger partial charge in [0, 0.05) is 39.0 Å². The molecule has 0 spiro atoms. The molecule has 2 rings (SSSR count). The zero-order valence-electron chi connectivity index (χ0n) is 16.2. The lowest BCUT2D eigenvalue weighted by atomic mass is 10.0. The van der Waals surface area contributed by atoms with Crippen molar-refractivity contribution in [3.8, 4) is 0 Å². The maximum Gasteiger partial charge on any atom is 0.191 e. The highest BCUT2D eigenvalue weighted by atomic mass is 32.2. The van der Waals surface area contributed by atoms with Crippen molar-refractivity contribution in [1.29, 1.82) is 0 Å². The molecule has 1 atom stereocenters. The molecule has 1 fully saturated rings. The summed E-state index contributed by atoms with van der Waals surface area (Å²) in [5, 5.41) is 6.65. The predicted molar refractivity (Wildman–Crippen MR) is 107 cm³/mol. The number of hydrogen-bond acceptors (Lipinski definition) is 4. The molecule has 6 nitrogen and oxygen atoms in total. The van der Waals surface area contributed by atoms with Gasteiger partial charge in [-0.3, -0.25) is 9.89 Å². The largest absolute Gasteiger partial charge is 0.355 e. The zero-order chi connectivity index (χ0) is 19.0. The minimum Gasteiger partial charge on any atom is -0.355 e. The summed E-state index contributed by atoms with van der Waals surface area (Å²) in [5.41, 5.74) is 1.02. The molecule has 1 aromatic rings. The van der Waals surface area contributed by atoms with Gasteiger partial charge in [0.2, 0.25) is 0 Å². The second kappa shape index (κ2) is 9.92. The Balaban J connectivity index is 1.77. The zero-order valence-corrected chi connectivity index (χ0v) is 17.0. The Morgan fingerprint density at radius 2 is 1.96 bits per heavy atom. The molecule has 7 heteroatoms. The Kier molecular flexibility index (Phi) is 7.90. The molecule has 1 aromatic carbocycles. The summed E-state index contributed by atoms with van der Waals surface area (Å²) >= 11 is 0. The molecule has 26 heavy (non-hydrogen) atoms. The highest BCUT2D eigenvalue weighted by Crippen LogP contribution is 2.18. The Labute approximate surface area is 158 Å². The average Bonchev–Trinajstić information content (AvgIpc) is 2.64. The van der Waals surface area contributed by atoms with E-state index in [0.717, 1.165) is 24.6 Å². The van der Waals surface area contributed by atoms with Crippen LogP contribution in [0.15, 0.2) is 34.2 Å². The van der Waals surface area contributed by atoms with Gasteiger partial charge in [0.05, 0.1) is 4.90 Å². The smallest absolute Gasteiger partial charge is 0.191 e. The maximum absolute atomic E-state index is 11.5. The number of aliphatic imine (C=N–C) groups is 1. The number of rotatable bonds is 7. The van der Waals surface area contributed by atoms with Crippen molar-refractivity contribution in [2.24, 2.45) is 4.99 Å². The third-order valence-corrected chi connectivity index (χ3v) is 6.08. The minimum absolute atomic E-state index is 0.343. The van der Waals surface area contributed by atoms with E-state index >= 15 is 0 Å². The minimum atomic E-state index is -3.15. The highest BCUT2D eigenvalue weighted by Gasteiger charge is 2.19. The van der Waals surface area contributed by atoms with Crippen molar-refractivity contribution in [1.82, 2.24) is 15.5 Å². The van der Waals surface area contributed by atoms with Crippen LogP contribution in [0.2, 0.25) is 0 Å². The normalized spacial score (nSPS) is 19.3. The Hall–Kier alpha value is -1.60. The lowest BCUT2D eigenvalue weighted by Crippen LogP contribution is -2.45. The summed E-state index contributed by atoms with van der Waals surface area (Å²) in [6, 6.07) is 7.66. The van der Waals surface area contributed by atoms with E-state index in [0.29, 0.717) is 17.5 Å². The monoisotopic (exact) mass is 380 g/mol. The van der Waals surface area contributed by atoms with Crippen molar-refractivity contribution >= 4 is 15.8 Å². The number of nitrogens with zero attached hydrogens (tertiary/aromatic N) is 2.